The van der Waals surface area contributed by atoms with Gasteiger partial charge in [-0.3, -0.25) is 14.5 Å². The number of halogens is 3. The lowest BCUT2D eigenvalue weighted by molar-refractivity contribution is -0.325. The fourth-order valence-electron chi connectivity index (χ4n) is 1.71. The van der Waals surface area contributed by atoms with Gasteiger partial charge in [0.2, 0.25) is 0 Å². The summed E-state index contributed by atoms with van der Waals surface area (Å²) < 4.78 is 38.9. The number of ether oxygens (including phenoxy) is 1. The summed E-state index contributed by atoms with van der Waals surface area (Å²) in [4.78, 5) is 4.18. The first-order valence-electron chi connectivity index (χ1n) is 5.37. The fraction of sp³-hybridized carbons (Fsp3) is 1.00. The van der Waals surface area contributed by atoms with Gasteiger partial charge in [0, 0.05) is 45.8 Å². The molecule has 0 amide bonds. The fourth-order valence-corrected chi connectivity index (χ4v) is 1.71. The highest BCUT2D eigenvalue weighted by Gasteiger charge is 2.29. The van der Waals surface area contributed by atoms with E-state index >= 15 is 0 Å². The lowest BCUT2D eigenvalue weighted by atomic mass is 10.3. The Labute approximate surface area is 93.1 Å². The number of rotatable bonds is 5. The van der Waals surface area contributed by atoms with Crippen molar-refractivity contribution in [3.63, 3.8) is 0 Å². The van der Waals surface area contributed by atoms with E-state index in [4.69, 9.17) is 5.73 Å². The van der Waals surface area contributed by atoms with Crippen LogP contribution >= 0.6 is 0 Å². The molecule has 0 unspecified atom stereocenters. The molecule has 0 radical (unpaired) electrons. The van der Waals surface area contributed by atoms with Crippen molar-refractivity contribution in [1.82, 2.24) is 9.80 Å². The second-order valence-electron chi connectivity index (χ2n) is 3.77. The molecule has 4 nitrogen and oxygen atoms in total. The molecule has 0 spiro atoms. The maximum Gasteiger partial charge on any atom is 0.522 e. The topological polar surface area (TPSA) is 41.7 Å². The van der Waals surface area contributed by atoms with Crippen LogP contribution in [0.4, 0.5) is 13.2 Å². The SMILES string of the molecule is NCCN1CCN(CCOC(F)(F)F)CC1. The first-order valence-corrected chi connectivity index (χ1v) is 5.37. The second-order valence-corrected chi connectivity index (χ2v) is 3.77. The Morgan fingerprint density at radius 2 is 1.50 bits per heavy atom. The van der Waals surface area contributed by atoms with Gasteiger partial charge in [-0.15, -0.1) is 13.2 Å². The first kappa shape index (κ1) is 13.7. The summed E-state index contributed by atoms with van der Waals surface area (Å²) in [6, 6.07) is 0. The highest BCUT2D eigenvalue weighted by molar-refractivity contribution is 4.71. The van der Waals surface area contributed by atoms with Crippen LogP contribution in [0, 0.1) is 0 Å². The molecular formula is C9H18F3N3O. The van der Waals surface area contributed by atoms with Gasteiger partial charge in [-0.1, -0.05) is 0 Å². The molecule has 0 aliphatic carbocycles. The highest BCUT2D eigenvalue weighted by atomic mass is 19.4. The molecule has 96 valence electrons. The average Bonchev–Trinajstić information content (AvgIpc) is 2.19. The third-order valence-corrected chi connectivity index (χ3v) is 2.58. The van der Waals surface area contributed by atoms with E-state index in [0.29, 0.717) is 13.1 Å². The van der Waals surface area contributed by atoms with Crippen molar-refractivity contribution < 1.29 is 17.9 Å². The minimum absolute atomic E-state index is 0.291. The third kappa shape index (κ3) is 5.64. The predicted octanol–water partition coefficient (Wildman–Crippen LogP) is 0.0991. The lowest BCUT2D eigenvalue weighted by Gasteiger charge is -2.34. The molecule has 7 heteroatoms. The molecule has 1 fully saturated rings. The van der Waals surface area contributed by atoms with Gasteiger partial charge in [0.15, 0.2) is 0 Å². The van der Waals surface area contributed by atoms with Gasteiger partial charge in [0.25, 0.3) is 0 Å². The van der Waals surface area contributed by atoms with Gasteiger partial charge in [0.1, 0.15) is 0 Å². The van der Waals surface area contributed by atoms with Crippen molar-refractivity contribution >= 4 is 0 Å². The number of hydrogen-bond acceptors (Lipinski definition) is 4. The van der Waals surface area contributed by atoms with Crippen LogP contribution in [-0.2, 0) is 4.74 Å². The van der Waals surface area contributed by atoms with Crippen LogP contribution in [0.1, 0.15) is 0 Å². The van der Waals surface area contributed by atoms with Crippen molar-refractivity contribution in [1.29, 1.82) is 0 Å². The second kappa shape index (κ2) is 6.39. The zero-order valence-electron chi connectivity index (χ0n) is 9.17. The van der Waals surface area contributed by atoms with Gasteiger partial charge >= 0.3 is 6.36 Å². The van der Waals surface area contributed by atoms with Crippen LogP contribution in [0.2, 0.25) is 0 Å². The van der Waals surface area contributed by atoms with E-state index in [1.807, 2.05) is 4.90 Å². The van der Waals surface area contributed by atoms with Crippen molar-refractivity contribution in [3.8, 4) is 0 Å². The lowest BCUT2D eigenvalue weighted by Crippen LogP contribution is -2.48. The Morgan fingerprint density at radius 3 is 1.94 bits per heavy atom. The molecule has 1 saturated heterocycles. The summed E-state index contributed by atoms with van der Waals surface area (Å²) in [5, 5.41) is 0. The molecule has 0 aromatic heterocycles. The summed E-state index contributed by atoms with van der Waals surface area (Å²) in [7, 11) is 0. The van der Waals surface area contributed by atoms with Gasteiger partial charge in [-0.25, -0.2) is 0 Å². The Balaban J connectivity index is 2.08. The zero-order chi connectivity index (χ0) is 12.0. The Hall–Kier alpha value is -0.370. The molecular weight excluding hydrogens is 223 g/mol. The number of hydrogen-bond donors (Lipinski definition) is 1. The van der Waals surface area contributed by atoms with E-state index in [0.717, 1.165) is 32.7 Å². The van der Waals surface area contributed by atoms with E-state index in [9.17, 15) is 13.2 Å². The Bertz CT molecular complexity index is 193. The summed E-state index contributed by atoms with van der Waals surface area (Å²) >= 11 is 0. The Morgan fingerprint density at radius 1 is 1.00 bits per heavy atom. The monoisotopic (exact) mass is 241 g/mol. The average molecular weight is 241 g/mol. The number of alkyl halides is 3. The molecule has 1 aliphatic heterocycles. The standard InChI is InChI=1S/C9H18F3N3O/c10-9(11,12)16-8-7-15-5-3-14(2-1-13)4-6-15/h1-8,13H2. The summed E-state index contributed by atoms with van der Waals surface area (Å²) in [5.74, 6) is 0. The normalized spacial score (nSPS) is 20.2. The van der Waals surface area contributed by atoms with Crippen LogP contribution in [0.3, 0.4) is 0 Å². The van der Waals surface area contributed by atoms with Gasteiger partial charge in [-0.2, -0.15) is 0 Å². The van der Waals surface area contributed by atoms with Crippen LogP contribution in [0.25, 0.3) is 0 Å². The predicted molar refractivity (Wildman–Crippen MR) is 53.9 cm³/mol. The van der Waals surface area contributed by atoms with E-state index in [1.54, 1.807) is 0 Å². The molecule has 1 aliphatic rings. The maximum atomic E-state index is 11.7. The minimum atomic E-state index is -4.51. The van der Waals surface area contributed by atoms with Crippen LogP contribution in [-0.4, -0.2) is 68.6 Å². The number of nitrogens with two attached hydrogens (primary N) is 1. The maximum absolute atomic E-state index is 11.7. The third-order valence-electron chi connectivity index (χ3n) is 2.58. The van der Waals surface area contributed by atoms with Gasteiger partial charge in [0.05, 0.1) is 6.61 Å². The number of nitrogens with zero attached hydrogens (tertiary/aromatic N) is 2. The minimum Gasteiger partial charge on any atom is -0.329 e. The molecule has 0 saturated carbocycles. The van der Waals surface area contributed by atoms with E-state index in [1.165, 1.54) is 0 Å². The van der Waals surface area contributed by atoms with Crippen molar-refractivity contribution in [2.24, 2.45) is 5.73 Å². The van der Waals surface area contributed by atoms with E-state index in [-0.39, 0.29) is 6.61 Å². The molecule has 0 aromatic rings. The van der Waals surface area contributed by atoms with Crippen LogP contribution < -0.4 is 5.73 Å². The van der Waals surface area contributed by atoms with Crippen molar-refractivity contribution in [3.05, 3.63) is 0 Å². The molecule has 2 N–H and O–H groups in total. The van der Waals surface area contributed by atoms with Gasteiger partial charge in [-0.05, 0) is 0 Å². The first-order chi connectivity index (χ1) is 7.51. The Kier molecular flexibility index (Phi) is 5.47. The van der Waals surface area contributed by atoms with Crippen LogP contribution in [0.5, 0.6) is 0 Å². The summed E-state index contributed by atoms with van der Waals surface area (Å²) in [6.07, 6.45) is -4.51. The quantitative estimate of drug-likeness (QED) is 0.741. The largest absolute Gasteiger partial charge is 0.522 e. The van der Waals surface area contributed by atoms with Crippen LogP contribution in [0.15, 0.2) is 0 Å². The van der Waals surface area contributed by atoms with Crippen molar-refractivity contribution in [2.75, 3.05) is 52.4 Å². The van der Waals surface area contributed by atoms with Crippen molar-refractivity contribution in [2.45, 2.75) is 6.36 Å². The molecule has 1 rings (SSSR count). The van der Waals surface area contributed by atoms with E-state index < -0.39 is 6.36 Å². The zero-order valence-corrected chi connectivity index (χ0v) is 9.17. The molecule has 1 heterocycles. The molecule has 0 bridgehead atoms. The molecule has 16 heavy (non-hydrogen) atoms. The smallest absolute Gasteiger partial charge is 0.329 e. The molecule has 0 atom stereocenters. The highest BCUT2D eigenvalue weighted by Crippen LogP contribution is 2.15. The van der Waals surface area contributed by atoms with E-state index in [2.05, 4.69) is 9.64 Å². The molecule has 0 aromatic carbocycles. The summed E-state index contributed by atoms with van der Waals surface area (Å²) in [5.41, 5.74) is 5.42. The summed E-state index contributed by atoms with van der Waals surface area (Å²) in [6.45, 7) is 4.80. The van der Waals surface area contributed by atoms with Gasteiger partial charge < -0.3 is 5.73 Å². The number of piperazine rings is 1.